The number of hydrogen-bond acceptors (Lipinski definition) is 6. The number of fused-ring (bicyclic) bond motifs is 1. The average molecular weight is 362 g/mol. The third-order valence-electron chi connectivity index (χ3n) is 4.10. The van der Waals surface area contributed by atoms with Gasteiger partial charge in [0.2, 0.25) is 5.75 Å². The lowest BCUT2D eigenvalue weighted by molar-refractivity contribution is 0.0940. The highest BCUT2D eigenvalue weighted by Crippen LogP contribution is 2.40. The van der Waals surface area contributed by atoms with Gasteiger partial charge in [0.1, 0.15) is 13.2 Å². The number of hydrogen-bond donors (Lipinski definition) is 1. The molecule has 0 saturated carbocycles. The Morgan fingerprint density at radius 2 is 2.16 bits per heavy atom. The summed E-state index contributed by atoms with van der Waals surface area (Å²) >= 11 is 1.65. The first-order chi connectivity index (χ1) is 12.1. The van der Waals surface area contributed by atoms with E-state index in [-0.39, 0.29) is 11.9 Å². The number of ether oxygens (including phenoxy) is 3. The van der Waals surface area contributed by atoms with Crippen LogP contribution in [-0.2, 0) is 0 Å². The van der Waals surface area contributed by atoms with Crippen molar-refractivity contribution >= 4 is 17.2 Å². The van der Waals surface area contributed by atoms with E-state index in [0.29, 0.717) is 42.6 Å². The second-order valence-corrected chi connectivity index (χ2v) is 6.73. The lowest BCUT2D eigenvalue weighted by Gasteiger charge is -2.24. The fraction of sp³-hybridized carbons (Fsp3) is 0.389. The minimum Gasteiger partial charge on any atom is -0.493 e. The lowest BCUT2D eigenvalue weighted by Crippen LogP contribution is -2.34. The van der Waals surface area contributed by atoms with Crippen LogP contribution < -0.4 is 19.5 Å². The average Bonchev–Trinajstić information content (AvgIpc) is 3.14. The van der Waals surface area contributed by atoms with Gasteiger partial charge >= 0.3 is 0 Å². The van der Waals surface area contributed by atoms with Crippen LogP contribution in [-0.4, -0.2) is 51.8 Å². The number of carbonyl (C=O) groups excluding carboxylic acids is 1. The zero-order chi connectivity index (χ0) is 17.8. The number of likely N-dealkylation sites (N-methyl/N-ethyl adjacent to an activating group) is 1. The Labute approximate surface area is 151 Å². The second-order valence-electron chi connectivity index (χ2n) is 5.95. The summed E-state index contributed by atoms with van der Waals surface area (Å²) in [4.78, 5) is 14.7. The van der Waals surface area contributed by atoms with E-state index in [1.165, 1.54) is 5.56 Å². The molecule has 0 radical (unpaired) electrons. The van der Waals surface area contributed by atoms with Crippen LogP contribution in [0.5, 0.6) is 17.2 Å². The van der Waals surface area contributed by atoms with Crippen LogP contribution in [0.25, 0.3) is 0 Å². The Morgan fingerprint density at radius 1 is 1.36 bits per heavy atom. The van der Waals surface area contributed by atoms with Gasteiger partial charge in [-0.05, 0) is 48.6 Å². The molecule has 1 aromatic heterocycles. The third kappa shape index (κ3) is 3.88. The molecular weight excluding hydrogens is 340 g/mol. The van der Waals surface area contributed by atoms with Crippen LogP contribution in [0.2, 0.25) is 0 Å². The zero-order valence-corrected chi connectivity index (χ0v) is 15.4. The standard InChI is InChI=1S/C18H22N2O4S/c1-20(2)14(12-4-7-25-11-12)10-19-18(21)13-8-15(22-3)17-16(9-13)23-5-6-24-17/h4,7-9,11,14H,5-6,10H2,1-3H3,(H,19,21). The number of nitrogens with zero attached hydrogens (tertiary/aromatic N) is 1. The molecule has 0 aliphatic carbocycles. The van der Waals surface area contributed by atoms with Crippen molar-refractivity contribution in [3.8, 4) is 17.2 Å². The van der Waals surface area contributed by atoms with Crippen molar-refractivity contribution in [2.24, 2.45) is 0 Å². The molecule has 1 unspecified atom stereocenters. The SMILES string of the molecule is COc1cc(C(=O)NCC(c2ccsc2)N(C)C)cc2c1OCCO2. The maximum absolute atomic E-state index is 12.6. The normalized spacial score (nSPS) is 14.2. The van der Waals surface area contributed by atoms with Crippen LogP contribution >= 0.6 is 11.3 Å². The minimum absolute atomic E-state index is 0.120. The van der Waals surface area contributed by atoms with Gasteiger partial charge in [-0.15, -0.1) is 0 Å². The number of benzene rings is 1. The first kappa shape index (κ1) is 17.6. The number of rotatable bonds is 6. The summed E-state index contributed by atoms with van der Waals surface area (Å²) in [6.45, 7) is 1.45. The fourth-order valence-electron chi connectivity index (χ4n) is 2.76. The van der Waals surface area contributed by atoms with Gasteiger partial charge in [0.25, 0.3) is 5.91 Å². The smallest absolute Gasteiger partial charge is 0.251 e. The molecule has 1 aliphatic heterocycles. The number of nitrogens with one attached hydrogen (secondary N) is 1. The summed E-state index contributed by atoms with van der Waals surface area (Å²) in [5.74, 6) is 1.43. The monoisotopic (exact) mass is 362 g/mol. The van der Waals surface area contributed by atoms with Gasteiger partial charge in [-0.1, -0.05) is 0 Å². The Kier molecular flexibility index (Phi) is 5.45. The first-order valence-electron chi connectivity index (χ1n) is 8.04. The molecule has 1 atom stereocenters. The van der Waals surface area contributed by atoms with Crippen molar-refractivity contribution in [1.82, 2.24) is 10.2 Å². The zero-order valence-electron chi connectivity index (χ0n) is 14.6. The molecule has 25 heavy (non-hydrogen) atoms. The van der Waals surface area contributed by atoms with Crippen LogP contribution in [0.1, 0.15) is 22.0 Å². The van der Waals surface area contributed by atoms with E-state index in [2.05, 4.69) is 21.7 Å². The van der Waals surface area contributed by atoms with Crippen molar-refractivity contribution in [2.45, 2.75) is 6.04 Å². The molecule has 1 amide bonds. The van der Waals surface area contributed by atoms with E-state index in [9.17, 15) is 4.79 Å². The van der Waals surface area contributed by atoms with Gasteiger partial charge in [-0.25, -0.2) is 0 Å². The van der Waals surface area contributed by atoms with Gasteiger partial charge in [0, 0.05) is 12.1 Å². The highest BCUT2D eigenvalue weighted by atomic mass is 32.1. The summed E-state index contributed by atoms with van der Waals surface area (Å²) < 4.78 is 16.5. The molecule has 3 rings (SSSR count). The maximum Gasteiger partial charge on any atom is 0.251 e. The van der Waals surface area contributed by atoms with Gasteiger partial charge in [0.05, 0.1) is 13.2 Å². The molecule has 6 nitrogen and oxygen atoms in total. The van der Waals surface area contributed by atoms with Crippen LogP contribution in [0.3, 0.4) is 0 Å². The van der Waals surface area contributed by atoms with Crippen molar-refractivity contribution in [1.29, 1.82) is 0 Å². The summed E-state index contributed by atoms with van der Waals surface area (Å²) in [7, 11) is 5.55. The Hall–Kier alpha value is -2.25. The summed E-state index contributed by atoms with van der Waals surface area (Å²) in [6.07, 6.45) is 0. The van der Waals surface area contributed by atoms with Crippen molar-refractivity contribution < 1.29 is 19.0 Å². The molecule has 1 aromatic carbocycles. The van der Waals surface area contributed by atoms with Crippen molar-refractivity contribution in [3.05, 3.63) is 40.1 Å². The minimum atomic E-state index is -0.169. The van der Waals surface area contributed by atoms with E-state index in [4.69, 9.17) is 14.2 Å². The number of amides is 1. The van der Waals surface area contributed by atoms with Gasteiger partial charge < -0.3 is 24.4 Å². The quantitative estimate of drug-likeness (QED) is 0.856. The molecule has 0 fully saturated rings. The molecule has 1 aliphatic rings. The Bertz CT molecular complexity index is 714. The largest absolute Gasteiger partial charge is 0.493 e. The molecule has 1 N–H and O–H groups in total. The molecule has 134 valence electrons. The molecule has 0 spiro atoms. The molecule has 0 saturated heterocycles. The molecule has 7 heteroatoms. The maximum atomic E-state index is 12.6. The molecule has 0 bridgehead atoms. The number of thiophene rings is 1. The van der Waals surface area contributed by atoms with Crippen LogP contribution in [0.15, 0.2) is 29.0 Å². The highest BCUT2D eigenvalue weighted by Gasteiger charge is 2.22. The van der Waals surface area contributed by atoms with Gasteiger partial charge in [-0.3, -0.25) is 4.79 Å². The Morgan fingerprint density at radius 3 is 2.84 bits per heavy atom. The van der Waals surface area contributed by atoms with Crippen LogP contribution in [0, 0.1) is 0 Å². The highest BCUT2D eigenvalue weighted by molar-refractivity contribution is 7.07. The predicted molar refractivity (Wildman–Crippen MR) is 97.1 cm³/mol. The first-order valence-corrected chi connectivity index (χ1v) is 8.98. The lowest BCUT2D eigenvalue weighted by atomic mass is 10.1. The molecule has 2 aromatic rings. The van der Waals surface area contributed by atoms with E-state index >= 15 is 0 Å². The number of carbonyl (C=O) groups is 1. The Balaban J connectivity index is 1.75. The topological polar surface area (TPSA) is 60.0 Å². The van der Waals surface area contributed by atoms with Crippen molar-refractivity contribution in [2.75, 3.05) is 41.0 Å². The summed E-state index contributed by atoms with van der Waals surface area (Å²) in [5.41, 5.74) is 1.68. The van der Waals surface area contributed by atoms with Gasteiger partial charge in [0.15, 0.2) is 11.5 Å². The summed E-state index contributed by atoms with van der Waals surface area (Å²) in [5, 5.41) is 7.14. The second kappa shape index (κ2) is 7.76. The summed E-state index contributed by atoms with van der Waals surface area (Å²) in [6, 6.07) is 5.57. The van der Waals surface area contributed by atoms with E-state index in [1.807, 2.05) is 19.5 Å². The van der Waals surface area contributed by atoms with Crippen molar-refractivity contribution in [3.63, 3.8) is 0 Å². The van der Waals surface area contributed by atoms with E-state index in [1.54, 1.807) is 30.6 Å². The van der Waals surface area contributed by atoms with E-state index < -0.39 is 0 Å². The molecule has 2 heterocycles. The predicted octanol–water partition coefficient (Wildman–Crippen LogP) is 2.56. The third-order valence-corrected chi connectivity index (χ3v) is 4.80. The van der Waals surface area contributed by atoms with E-state index in [0.717, 1.165) is 0 Å². The fourth-order valence-corrected chi connectivity index (χ4v) is 3.47. The molecular formula is C18H22N2O4S. The van der Waals surface area contributed by atoms with Gasteiger partial charge in [-0.2, -0.15) is 11.3 Å². The number of methoxy groups -OCH3 is 1. The van der Waals surface area contributed by atoms with Crippen LogP contribution in [0.4, 0.5) is 0 Å².